The lowest BCUT2D eigenvalue weighted by molar-refractivity contribution is 0.723. The van der Waals surface area contributed by atoms with Crippen molar-refractivity contribution in [1.82, 2.24) is 19.5 Å². The van der Waals surface area contributed by atoms with Crippen molar-refractivity contribution in [2.75, 3.05) is 0 Å². The van der Waals surface area contributed by atoms with Crippen LogP contribution in [0.3, 0.4) is 0 Å². The van der Waals surface area contributed by atoms with Gasteiger partial charge >= 0.3 is 0 Å². The summed E-state index contributed by atoms with van der Waals surface area (Å²) in [5.41, 5.74) is 13.3. The van der Waals surface area contributed by atoms with E-state index >= 15 is 0 Å². The highest BCUT2D eigenvalue weighted by Crippen LogP contribution is 2.63. The first-order chi connectivity index (χ1) is 28.3. The molecule has 57 heavy (non-hydrogen) atoms. The van der Waals surface area contributed by atoms with Gasteiger partial charge in [-0.1, -0.05) is 157 Å². The summed E-state index contributed by atoms with van der Waals surface area (Å²) < 4.78 is 2.34. The highest BCUT2D eigenvalue weighted by molar-refractivity contribution is 7.99. The maximum absolute atomic E-state index is 5.39. The summed E-state index contributed by atoms with van der Waals surface area (Å²) in [4.78, 5) is 18.4. The lowest BCUT2D eigenvalue weighted by atomic mass is 9.66. The third-order valence-electron chi connectivity index (χ3n) is 11.7. The molecule has 0 amide bonds. The van der Waals surface area contributed by atoms with Gasteiger partial charge in [-0.2, -0.15) is 0 Å². The van der Waals surface area contributed by atoms with Crippen LogP contribution in [0.4, 0.5) is 0 Å². The molecule has 0 N–H and O–H groups in total. The smallest absolute Gasteiger partial charge is 0.164 e. The summed E-state index contributed by atoms with van der Waals surface area (Å²) >= 11 is 1.85. The summed E-state index contributed by atoms with van der Waals surface area (Å²) in [6.45, 7) is 0. The average molecular weight is 745 g/mol. The molecular weight excluding hydrogens is 713 g/mol. The van der Waals surface area contributed by atoms with E-state index in [2.05, 4.69) is 180 Å². The molecule has 0 saturated carbocycles. The minimum Gasteiger partial charge on any atom is -0.309 e. The van der Waals surface area contributed by atoms with Crippen molar-refractivity contribution < 1.29 is 0 Å². The maximum Gasteiger partial charge on any atom is 0.164 e. The molecule has 0 bridgehead atoms. The van der Waals surface area contributed by atoms with E-state index < -0.39 is 5.41 Å². The van der Waals surface area contributed by atoms with Crippen LogP contribution in [0.15, 0.2) is 204 Å². The zero-order valence-corrected chi connectivity index (χ0v) is 31.5. The van der Waals surface area contributed by atoms with E-state index in [0.29, 0.717) is 17.5 Å². The van der Waals surface area contributed by atoms with Crippen LogP contribution in [0, 0.1) is 0 Å². The predicted octanol–water partition coefficient (Wildman–Crippen LogP) is 12.8. The molecule has 1 spiro atoms. The van der Waals surface area contributed by atoms with Gasteiger partial charge in [0.2, 0.25) is 0 Å². The molecule has 0 atom stereocenters. The molecule has 8 aromatic carbocycles. The van der Waals surface area contributed by atoms with Gasteiger partial charge in [-0.15, -0.1) is 0 Å². The van der Waals surface area contributed by atoms with Crippen LogP contribution < -0.4 is 0 Å². The first kappa shape index (κ1) is 32.2. The Morgan fingerprint density at radius 2 is 0.860 bits per heavy atom. The van der Waals surface area contributed by atoms with Gasteiger partial charge in [-0.05, 0) is 81.9 Å². The van der Waals surface area contributed by atoms with Crippen LogP contribution >= 0.6 is 11.8 Å². The molecule has 3 heterocycles. The van der Waals surface area contributed by atoms with Gasteiger partial charge in [-0.25, -0.2) is 15.0 Å². The summed E-state index contributed by atoms with van der Waals surface area (Å²) in [5, 5.41) is 2.48. The zero-order valence-electron chi connectivity index (χ0n) is 30.7. The number of hydrogen-bond donors (Lipinski definition) is 0. The Labute approximate surface area is 334 Å². The van der Waals surface area contributed by atoms with E-state index in [1.54, 1.807) is 0 Å². The zero-order chi connectivity index (χ0) is 37.5. The number of aromatic nitrogens is 4. The first-order valence-electron chi connectivity index (χ1n) is 19.3. The second-order valence-corrected chi connectivity index (χ2v) is 15.8. The van der Waals surface area contributed by atoms with E-state index in [4.69, 9.17) is 15.0 Å². The monoisotopic (exact) mass is 744 g/mol. The van der Waals surface area contributed by atoms with Crippen LogP contribution in [-0.4, -0.2) is 19.5 Å². The third-order valence-corrected chi connectivity index (χ3v) is 12.9. The molecule has 1 aliphatic carbocycles. The Morgan fingerprint density at radius 1 is 0.368 bits per heavy atom. The summed E-state index contributed by atoms with van der Waals surface area (Å²) in [6.07, 6.45) is 0. The van der Waals surface area contributed by atoms with Crippen LogP contribution in [0.5, 0.6) is 0 Å². The maximum atomic E-state index is 5.39. The van der Waals surface area contributed by atoms with Crippen LogP contribution in [0.1, 0.15) is 22.3 Å². The number of nitrogens with zero attached hydrogens (tertiary/aromatic N) is 4. The summed E-state index contributed by atoms with van der Waals surface area (Å²) in [5.74, 6) is 1.93. The van der Waals surface area contributed by atoms with Gasteiger partial charge < -0.3 is 4.57 Å². The Morgan fingerprint density at radius 3 is 1.53 bits per heavy atom. The average Bonchev–Trinajstić information content (AvgIpc) is 3.78. The molecule has 12 rings (SSSR count). The largest absolute Gasteiger partial charge is 0.309 e. The van der Waals surface area contributed by atoms with E-state index in [1.807, 2.05) is 30.0 Å². The quantitative estimate of drug-likeness (QED) is 0.180. The predicted molar refractivity (Wildman–Crippen MR) is 232 cm³/mol. The highest BCUT2D eigenvalue weighted by atomic mass is 32.2. The normalized spacial score (nSPS) is 13.3. The fourth-order valence-corrected chi connectivity index (χ4v) is 10.6. The molecule has 266 valence electrons. The minimum atomic E-state index is -0.565. The minimum absolute atomic E-state index is 0.565. The van der Waals surface area contributed by atoms with Gasteiger partial charge in [0.15, 0.2) is 17.5 Å². The van der Waals surface area contributed by atoms with Crippen molar-refractivity contribution in [2.45, 2.75) is 15.2 Å². The molecule has 2 aromatic heterocycles. The Balaban J connectivity index is 1.09. The standard InChI is InChI=1S/C52H32N4S/c1-2-15-33(16-3-1)49-53-50(34-29-31-35(32-30-34)56-44-25-10-5-18-37(44)38-19-6-11-26-45(38)56)55-51(54-49)40-21-14-20-39-36-17-4-7-22-41(36)52(48(39)40)42-23-8-12-27-46(42)57-47-28-13-9-24-43(47)52/h1-32H. The second-order valence-electron chi connectivity index (χ2n) is 14.7. The first-order valence-corrected chi connectivity index (χ1v) is 20.1. The van der Waals surface area contributed by atoms with Gasteiger partial charge in [0, 0.05) is 42.9 Å². The fraction of sp³-hybridized carbons (Fsp3) is 0.0192. The topological polar surface area (TPSA) is 43.6 Å². The molecule has 1 aliphatic heterocycles. The van der Waals surface area contributed by atoms with Crippen molar-refractivity contribution in [3.05, 3.63) is 216 Å². The molecule has 0 unspecified atom stereocenters. The van der Waals surface area contributed by atoms with E-state index in [-0.39, 0.29) is 0 Å². The summed E-state index contributed by atoms with van der Waals surface area (Å²) in [6, 6.07) is 69.5. The Bertz CT molecular complexity index is 3120. The summed E-state index contributed by atoms with van der Waals surface area (Å²) in [7, 11) is 0. The van der Waals surface area contributed by atoms with Crippen LogP contribution in [0.25, 0.3) is 72.8 Å². The fourth-order valence-electron chi connectivity index (χ4n) is 9.40. The van der Waals surface area contributed by atoms with E-state index in [1.165, 1.54) is 65.0 Å². The van der Waals surface area contributed by atoms with Crippen molar-refractivity contribution in [1.29, 1.82) is 0 Å². The number of benzene rings is 8. The number of fused-ring (bicyclic) bond motifs is 12. The van der Waals surface area contributed by atoms with Crippen molar-refractivity contribution in [2.24, 2.45) is 0 Å². The molecule has 0 radical (unpaired) electrons. The third kappa shape index (κ3) is 4.67. The Kier molecular flexibility index (Phi) is 7.04. The van der Waals surface area contributed by atoms with Crippen LogP contribution in [0.2, 0.25) is 0 Å². The number of para-hydroxylation sites is 2. The van der Waals surface area contributed by atoms with Gasteiger partial charge in [0.05, 0.1) is 16.4 Å². The van der Waals surface area contributed by atoms with Crippen molar-refractivity contribution >= 4 is 33.6 Å². The molecule has 0 saturated heterocycles. The second kappa shape index (κ2) is 12.5. The van der Waals surface area contributed by atoms with Crippen LogP contribution in [-0.2, 0) is 5.41 Å². The van der Waals surface area contributed by atoms with Gasteiger partial charge in [0.25, 0.3) is 0 Å². The van der Waals surface area contributed by atoms with E-state index in [9.17, 15) is 0 Å². The Hall–Kier alpha value is -7.08. The SMILES string of the molecule is c1ccc(-c2nc(-c3ccc(-n4c5ccccc5c5ccccc54)cc3)nc(-c3cccc4c3C3(c5ccccc5Sc5ccccc53)c3ccccc3-4)n2)cc1. The lowest BCUT2D eigenvalue weighted by Crippen LogP contribution is -2.32. The molecule has 4 nitrogen and oxygen atoms in total. The van der Waals surface area contributed by atoms with E-state index in [0.717, 1.165) is 22.4 Å². The molecule has 0 fully saturated rings. The molecule has 5 heteroatoms. The molecule has 2 aliphatic rings. The highest BCUT2D eigenvalue weighted by Gasteiger charge is 2.51. The van der Waals surface area contributed by atoms with Gasteiger partial charge in [-0.3, -0.25) is 0 Å². The van der Waals surface area contributed by atoms with Gasteiger partial charge in [0.1, 0.15) is 0 Å². The number of hydrogen-bond acceptors (Lipinski definition) is 4. The number of rotatable bonds is 4. The molecule has 10 aromatic rings. The van der Waals surface area contributed by atoms with Crippen molar-refractivity contribution in [3.63, 3.8) is 0 Å². The lowest BCUT2D eigenvalue weighted by Gasteiger charge is -2.40. The molecular formula is C52H32N4S. The van der Waals surface area contributed by atoms with Crippen molar-refractivity contribution in [3.8, 4) is 51.0 Å².